The van der Waals surface area contributed by atoms with E-state index in [1.54, 1.807) is 6.20 Å². The molecule has 0 radical (unpaired) electrons. The van der Waals surface area contributed by atoms with Crippen molar-refractivity contribution in [3.8, 4) is 0 Å². The van der Waals surface area contributed by atoms with Crippen molar-refractivity contribution in [2.45, 2.75) is 6.54 Å². The Kier molecular flexibility index (Phi) is 5.71. The second-order valence-electron chi connectivity index (χ2n) is 4.84. The predicted octanol–water partition coefficient (Wildman–Crippen LogP) is 2.11. The number of hydrogen-bond donors (Lipinski definition) is 2. The van der Waals surface area contributed by atoms with Crippen LogP contribution in [0.5, 0.6) is 0 Å². The summed E-state index contributed by atoms with van der Waals surface area (Å²) < 4.78 is 0. The van der Waals surface area contributed by atoms with E-state index in [1.807, 2.05) is 38.4 Å². The molecule has 0 aliphatic carbocycles. The highest BCUT2D eigenvalue weighted by Gasteiger charge is 2.02. The number of hydrogen-bond acceptors (Lipinski definition) is 6. The lowest BCUT2D eigenvalue weighted by Gasteiger charge is -2.11. The van der Waals surface area contributed by atoms with Gasteiger partial charge in [0.05, 0.1) is 6.20 Å². The third kappa shape index (κ3) is 5.17. The molecule has 1 aromatic heterocycles. The first kappa shape index (κ1) is 15.5. The van der Waals surface area contributed by atoms with Crippen LogP contribution in [0.4, 0.5) is 11.8 Å². The van der Waals surface area contributed by atoms with Crippen LogP contribution in [0.15, 0.2) is 30.5 Å². The average Bonchev–Trinajstić information content (AvgIpc) is 2.46. The molecule has 0 bridgehead atoms. The van der Waals surface area contributed by atoms with Gasteiger partial charge in [-0.25, -0.2) is 0 Å². The number of aromatic nitrogens is 3. The quantitative estimate of drug-likeness (QED) is 0.817. The molecule has 0 aliphatic heterocycles. The summed E-state index contributed by atoms with van der Waals surface area (Å²) in [6.07, 6.45) is 1.59. The Balaban J connectivity index is 1.90. The standard InChI is InChI=1S/C14H19ClN6/c1-21(2)8-7-16-14-19-13(10-18-20-14)17-9-11-5-3-4-6-12(11)15/h3-6,10H,7-9H2,1-2H3,(H2,16,17,19,20). The minimum Gasteiger partial charge on any atom is -0.364 e. The Hall–Kier alpha value is -1.92. The first-order valence-corrected chi connectivity index (χ1v) is 7.08. The van der Waals surface area contributed by atoms with Crippen molar-refractivity contribution in [2.75, 3.05) is 37.8 Å². The zero-order chi connectivity index (χ0) is 15.1. The summed E-state index contributed by atoms with van der Waals surface area (Å²) in [7, 11) is 4.03. The molecule has 2 N–H and O–H groups in total. The largest absolute Gasteiger partial charge is 0.364 e. The van der Waals surface area contributed by atoms with Crippen molar-refractivity contribution in [3.05, 3.63) is 41.0 Å². The number of likely N-dealkylation sites (N-methyl/N-ethyl adjacent to an activating group) is 1. The van der Waals surface area contributed by atoms with Gasteiger partial charge in [-0.2, -0.15) is 10.1 Å². The normalized spacial score (nSPS) is 10.7. The van der Waals surface area contributed by atoms with Crippen LogP contribution in [0.1, 0.15) is 5.56 Å². The Bertz CT molecular complexity index is 575. The lowest BCUT2D eigenvalue weighted by Crippen LogP contribution is -2.21. The van der Waals surface area contributed by atoms with Gasteiger partial charge in [-0.15, -0.1) is 5.10 Å². The SMILES string of the molecule is CN(C)CCNc1nncc(NCc2ccccc2Cl)n1. The van der Waals surface area contributed by atoms with E-state index in [1.165, 1.54) is 0 Å². The van der Waals surface area contributed by atoms with Gasteiger partial charge in [-0.1, -0.05) is 29.8 Å². The Morgan fingerprint density at radius 1 is 1.19 bits per heavy atom. The van der Waals surface area contributed by atoms with Crippen LogP contribution in [0.25, 0.3) is 0 Å². The van der Waals surface area contributed by atoms with Crippen molar-refractivity contribution in [1.29, 1.82) is 0 Å². The van der Waals surface area contributed by atoms with E-state index in [4.69, 9.17) is 11.6 Å². The maximum atomic E-state index is 6.11. The van der Waals surface area contributed by atoms with Crippen LogP contribution >= 0.6 is 11.6 Å². The van der Waals surface area contributed by atoms with Crippen molar-refractivity contribution < 1.29 is 0 Å². The molecule has 7 heteroatoms. The second kappa shape index (κ2) is 7.75. The van der Waals surface area contributed by atoms with Gasteiger partial charge in [0.2, 0.25) is 5.95 Å². The van der Waals surface area contributed by atoms with Gasteiger partial charge in [0.1, 0.15) is 0 Å². The van der Waals surface area contributed by atoms with Gasteiger partial charge in [0.15, 0.2) is 5.82 Å². The number of halogens is 1. The zero-order valence-electron chi connectivity index (χ0n) is 12.2. The third-order valence-corrected chi connectivity index (χ3v) is 3.19. The minimum atomic E-state index is 0.515. The van der Waals surface area contributed by atoms with E-state index in [2.05, 4.69) is 30.7 Å². The Morgan fingerprint density at radius 2 is 2.00 bits per heavy atom. The van der Waals surface area contributed by atoms with Crippen molar-refractivity contribution in [2.24, 2.45) is 0 Å². The highest BCUT2D eigenvalue weighted by molar-refractivity contribution is 6.31. The van der Waals surface area contributed by atoms with Crippen LogP contribution in [0, 0.1) is 0 Å². The average molecular weight is 307 g/mol. The molecule has 0 atom stereocenters. The molecule has 0 saturated carbocycles. The molecule has 0 aliphatic rings. The summed E-state index contributed by atoms with van der Waals surface area (Å²) in [6, 6.07) is 7.70. The number of nitrogens with one attached hydrogen (secondary N) is 2. The van der Waals surface area contributed by atoms with Gasteiger partial charge in [-0.05, 0) is 25.7 Å². The first-order valence-electron chi connectivity index (χ1n) is 6.71. The topological polar surface area (TPSA) is 66.0 Å². The summed E-state index contributed by atoms with van der Waals surface area (Å²) in [5.41, 5.74) is 1.01. The van der Waals surface area contributed by atoms with E-state index in [-0.39, 0.29) is 0 Å². The van der Waals surface area contributed by atoms with E-state index in [0.29, 0.717) is 18.3 Å². The molecule has 0 fully saturated rings. The summed E-state index contributed by atoms with van der Waals surface area (Å²) in [5, 5.41) is 14.9. The van der Waals surface area contributed by atoms with E-state index >= 15 is 0 Å². The minimum absolute atomic E-state index is 0.515. The molecule has 0 unspecified atom stereocenters. The fraction of sp³-hybridized carbons (Fsp3) is 0.357. The van der Waals surface area contributed by atoms with Crippen LogP contribution in [0.3, 0.4) is 0 Å². The summed E-state index contributed by atoms with van der Waals surface area (Å²) in [5.74, 6) is 1.18. The molecule has 0 amide bonds. The highest BCUT2D eigenvalue weighted by atomic mass is 35.5. The lowest BCUT2D eigenvalue weighted by atomic mass is 10.2. The molecular weight excluding hydrogens is 288 g/mol. The maximum absolute atomic E-state index is 6.11. The molecule has 21 heavy (non-hydrogen) atoms. The molecule has 1 aromatic carbocycles. The maximum Gasteiger partial charge on any atom is 0.244 e. The summed E-state index contributed by atoms with van der Waals surface area (Å²) in [4.78, 5) is 6.44. The van der Waals surface area contributed by atoms with Crippen molar-refractivity contribution in [1.82, 2.24) is 20.1 Å². The molecule has 0 saturated heterocycles. The van der Waals surface area contributed by atoms with E-state index in [0.717, 1.165) is 23.7 Å². The third-order valence-electron chi connectivity index (χ3n) is 2.82. The van der Waals surface area contributed by atoms with Crippen LogP contribution in [-0.4, -0.2) is 47.3 Å². The van der Waals surface area contributed by atoms with E-state index < -0.39 is 0 Å². The first-order chi connectivity index (χ1) is 10.1. The zero-order valence-corrected chi connectivity index (χ0v) is 12.9. The van der Waals surface area contributed by atoms with Gasteiger partial charge < -0.3 is 15.5 Å². The lowest BCUT2D eigenvalue weighted by molar-refractivity contribution is 0.425. The van der Waals surface area contributed by atoms with Crippen molar-refractivity contribution >= 4 is 23.4 Å². The van der Waals surface area contributed by atoms with Crippen LogP contribution in [-0.2, 0) is 6.54 Å². The number of nitrogens with zero attached hydrogens (tertiary/aromatic N) is 4. The molecule has 2 rings (SSSR count). The molecule has 1 heterocycles. The number of benzene rings is 1. The van der Waals surface area contributed by atoms with E-state index in [9.17, 15) is 0 Å². The molecular formula is C14H19ClN6. The molecule has 112 valence electrons. The Morgan fingerprint density at radius 3 is 2.76 bits per heavy atom. The second-order valence-corrected chi connectivity index (χ2v) is 5.25. The Labute approximate surface area is 129 Å². The smallest absolute Gasteiger partial charge is 0.244 e. The van der Waals surface area contributed by atoms with Gasteiger partial charge in [-0.3, -0.25) is 0 Å². The summed E-state index contributed by atoms with van der Waals surface area (Å²) >= 11 is 6.11. The monoisotopic (exact) mass is 306 g/mol. The van der Waals surface area contributed by atoms with Crippen LogP contribution in [0.2, 0.25) is 5.02 Å². The van der Waals surface area contributed by atoms with Gasteiger partial charge >= 0.3 is 0 Å². The molecule has 6 nitrogen and oxygen atoms in total. The van der Waals surface area contributed by atoms with Gasteiger partial charge in [0.25, 0.3) is 0 Å². The number of rotatable bonds is 7. The molecule has 2 aromatic rings. The van der Waals surface area contributed by atoms with Crippen molar-refractivity contribution in [3.63, 3.8) is 0 Å². The number of anilines is 2. The summed E-state index contributed by atoms with van der Waals surface area (Å²) in [6.45, 7) is 2.26. The van der Waals surface area contributed by atoms with Gasteiger partial charge in [0, 0.05) is 24.7 Å². The molecule has 0 spiro atoms. The fourth-order valence-electron chi connectivity index (χ4n) is 1.68. The predicted molar refractivity (Wildman–Crippen MR) is 85.6 cm³/mol. The highest BCUT2D eigenvalue weighted by Crippen LogP contribution is 2.16. The van der Waals surface area contributed by atoms with Crippen LogP contribution < -0.4 is 10.6 Å². The fourth-order valence-corrected chi connectivity index (χ4v) is 1.89.